The fourth-order valence-electron chi connectivity index (χ4n) is 4.51. The Bertz CT molecular complexity index is 382. The molecular weight excluding hydrogens is 341 g/mol. The van der Waals surface area contributed by atoms with Gasteiger partial charge in [0.2, 0.25) is 0 Å². The predicted molar refractivity (Wildman–Crippen MR) is 98.7 cm³/mol. The third kappa shape index (κ3) is 6.12. The van der Waals surface area contributed by atoms with Crippen LogP contribution in [0.2, 0.25) is 0 Å². The van der Waals surface area contributed by atoms with Crippen LogP contribution in [0.1, 0.15) is 78.1 Å². The predicted octanol–water partition coefficient (Wildman–Crippen LogP) is 5.97. The van der Waals surface area contributed by atoms with Gasteiger partial charge in [-0.3, -0.25) is 0 Å². The van der Waals surface area contributed by atoms with E-state index in [-0.39, 0.29) is 17.9 Å². The summed E-state index contributed by atoms with van der Waals surface area (Å²) in [6.45, 7) is 5.18. The van der Waals surface area contributed by atoms with Crippen molar-refractivity contribution in [1.29, 1.82) is 0 Å². The van der Waals surface area contributed by atoms with Gasteiger partial charge < -0.3 is 9.47 Å². The molecule has 2 nitrogen and oxygen atoms in total. The van der Waals surface area contributed by atoms with Crippen molar-refractivity contribution in [2.45, 2.75) is 109 Å². The molecule has 2 saturated carbocycles. The molecule has 0 aliphatic heterocycles. The standard InChI is InChI=1S/C21H37F3O2/c1-3-5-6-7-13-26-18-10-8-15(14-17(18)22)16-9-11-19(25-12-4-2)21(24)20(16)23/h15-21H,3-14H2,1-2H3. The molecule has 0 spiro atoms. The lowest BCUT2D eigenvalue weighted by molar-refractivity contribution is -0.0992. The SMILES string of the molecule is CCCCCCOC1CCC(C2CCC(OCCC)C(F)C2F)CC1F. The van der Waals surface area contributed by atoms with Crippen LogP contribution in [0, 0.1) is 11.8 Å². The van der Waals surface area contributed by atoms with E-state index in [9.17, 15) is 13.2 Å². The van der Waals surface area contributed by atoms with Gasteiger partial charge in [-0.1, -0.05) is 33.1 Å². The van der Waals surface area contributed by atoms with E-state index in [1.165, 1.54) is 12.8 Å². The van der Waals surface area contributed by atoms with Crippen molar-refractivity contribution in [2.75, 3.05) is 13.2 Å². The highest BCUT2D eigenvalue weighted by Gasteiger charge is 2.46. The van der Waals surface area contributed by atoms with Gasteiger partial charge in [-0.05, 0) is 56.8 Å². The van der Waals surface area contributed by atoms with Crippen molar-refractivity contribution in [1.82, 2.24) is 0 Å². The van der Waals surface area contributed by atoms with Gasteiger partial charge in [0.25, 0.3) is 0 Å². The molecule has 0 aromatic carbocycles. The van der Waals surface area contributed by atoms with Crippen LogP contribution in [0.5, 0.6) is 0 Å². The molecule has 26 heavy (non-hydrogen) atoms. The Morgan fingerprint density at radius 1 is 0.731 bits per heavy atom. The zero-order chi connectivity index (χ0) is 18.9. The van der Waals surface area contributed by atoms with Crippen molar-refractivity contribution in [3.63, 3.8) is 0 Å². The highest BCUT2D eigenvalue weighted by Crippen LogP contribution is 2.42. The molecule has 2 aliphatic rings. The highest BCUT2D eigenvalue weighted by molar-refractivity contribution is 4.95. The van der Waals surface area contributed by atoms with Crippen LogP contribution in [0.4, 0.5) is 13.2 Å². The highest BCUT2D eigenvalue weighted by atomic mass is 19.2. The zero-order valence-corrected chi connectivity index (χ0v) is 16.5. The summed E-state index contributed by atoms with van der Waals surface area (Å²) in [6, 6.07) is 0. The summed E-state index contributed by atoms with van der Waals surface area (Å²) in [7, 11) is 0. The van der Waals surface area contributed by atoms with Crippen molar-refractivity contribution >= 4 is 0 Å². The second-order valence-corrected chi connectivity index (χ2v) is 8.10. The zero-order valence-electron chi connectivity index (χ0n) is 16.5. The van der Waals surface area contributed by atoms with E-state index in [4.69, 9.17) is 9.47 Å². The molecule has 7 unspecified atom stereocenters. The van der Waals surface area contributed by atoms with Gasteiger partial charge in [0, 0.05) is 13.2 Å². The van der Waals surface area contributed by atoms with Crippen LogP contribution in [-0.2, 0) is 9.47 Å². The summed E-state index contributed by atoms with van der Waals surface area (Å²) in [5, 5.41) is 0. The smallest absolute Gasteiger partial charge is 0.157 e. The third-order valence-electron chi connectivity index (χ3n) is 6.08. The number of halogens is 3. The monoisotopic (exact) mass is 378 g/mol. The summed E-state index contributed by atoms with van der Waals surface area (Å²) >= 11 is 0. The molecule has 2 aliphatic carbocycles. The van der Waals surface area contributed by atoms with Crippen LogP contribution in [0.15, 0.2) is 0 Å². The number of rotatable bonds is 10. The lowest BCUT2D eigenvalue weighted by Crippen LogP contribution is -2.47. The lowest BCUT2D eigenvalue weighted by atomic mass is 9.70. The summed E-state index contributed by atoms with van der Waals surface area (Å²) in [6.07, 6.45) is 2.87. The first-order chi connectivity index (χ1) is 12.6. The minimum absolute atomic E-state index is 0.0784. The maximum Gasteiger partial charge on any atom is 0.157 e. The van der Waals surface area contributed by atoms with Gasteiger partial charge in [0.15, 0.2) is 6.17 Å². The Kier molecular flexibility index (Phi) is 9.76. The molecule has 0 heterocycles. The molecule has 7 atom stereocenters. The molecule has 0 aromatic heterocycles. The molecular formula is C21H37F3O2. The number of alkyl halides is 3. The summed E-state index contributed by atoms with van der Waals surface area (Å²) in [5.41, 5.74) is 0. The number of unbranched alkanes of at least 4 members (excludes halogenated alkanes) is 3. The average molecular weight is 379 g/mol. The Labute approximate surface area is 157 Å². The first-order valence-electron chi connectivity index (χ1n) is 10.7. The van der Waals surface area contributed by atoms with E-state index in [1.54, 1.807) is 0 Å². The van der Waals surface area contributed by atoms with Gasteiger partial charge in [-0.25, -0.2) is 13.2 Å². The van der Waals surface area contributed by atoms with E-state index in [0.29, 0.717) is 38.9 Å². The van der Waals surface area contributed by atoms with Crippen LogP contribution in [0.3, 0.4) is 0 Å². The molecule has 0 amide bonds. The molecule has 154 valence electrons. The molecule has 0 bridgehead atoms. The third-order valence-corrected chi connectivity index (χ3v) is 6.08. The fourth-order valence-corrected chi connectivity index (χ4v) is 4.51. The van der Waals surface area contributed by atoms with Crippen LogP contribution < -0.4 is 0 Å². The van der Waals surface area contributed by atoms with Gasteiger partial charge >= 0.3 is 0 Å². The van der Waals surface area contributed by atoms with E-state index >= 15 is 0 Å². The Hall–Kier alpha value is -0.290. The normalized spacial score (nSPS) is 38.4. The maximum atomic E-state index is 14.6. The Morgan fingerprint density at radius 3 is 2.15 bits per heavy atom. The van der Waals surface area contributed by atoms with Crippen LogP contribution in [0.25, 0.3) is 0 Å². The van der Waals surface area contributed by atoms with Gasteiger partial charge in [-0.2, -0.15) is 0 Å². The van der Waals surface area contributed by atoms with E-state index < -0.39 is 24.6 Å². The molecule has 0 saturated heterocycles. The number of hydrogen-bond acceptors (Lipinski definition) is 2. The molecule has 2 fully saturated rings. The molecule has 0 N–H and O–H groups in total. The van der Waals surface area contributed by atoms with Gasteiger partial charge in [0.05, 0.1) is 12.2 Å². The van der Waals surface area contributed by atoms with Gasteiger partial charge in [-0.15, -0.1) is 0 Å². The fraction of sp³-hybridized carbons (Fsp3) is 1.00. The van der Waals surface area contributed by atoms with Crippen molar-refractivity contribution in [3.05, 3.63) is 0 Å². The molecule has 0 aromatic rings. The lowest BCUT2D eigenvalue weighted by Gasteiger charge is -2.42. The maximum absolute atomic E-state index is 14.6. The van der Waals surface area contributed by atoms with Crippen LogP contribution >= 0.6 is 0 Å². The van der Waals surface area contributed by atoms with Gasteiger partial charge in [0.1, 0.15) is 12.3 Å². The first-order valence-corrected chi connectivity index (χ1v) is 10.7. The van der Waals surface area contributed by atoms with Crippen LogP contribution in [-0.4, -0.2) is 43.9 Å². The average Bonchev–Trinajstić information content (AvgIpc) is 2.64. The minimum atomic E-state index is -1.58. The Morgan fingerprint density at radius 2 is 1.46 bits per heavy atom. The molecule has 0 radical (unpaired) electrons. The van der Waals surface area contributed by atoms with Crippen molar-refractivity contribution < 1.29 is 22.6 Å². The van der Waals surface area contributed by atoms with E-state index in [2.05, 4.69) is 6.92 Å². The Balaban J connectivity index is 1.75. The quantitative estimate of drug-likeness (QED) is 0.436. The first kappa shape index (κ1) is 22.0. The second-order valence-electron chi connectivity index (χ2n) is 8.10. The molecule has 2 rings (SSSR count). The minimum Gasteiger partial charge on any atom is -0.375 e. The number of ether oxygens (including phenoxy) is 2. The topological polar surface area (TPSA) is 18.5 Å². The summed E-state index contributed by atoms with van der Waals surface area (Å²) < 4.78 is 54.7. The summed E-state index contributed by atoms with van der Waals surface area (Å²) in [5.74, 6) is -0.458. The van der Waals surface area contributed by atoms with Crippen molar-refractivity contribution in [2.24, 2.45) is 11.8 Å². The largest absolute Gasteiger partial charge is 0.375 e. The molecule has 5 heteroatoms. The number of hydrogen-bond donors (Lipinski definition) is 0. The van der Waals surface area contributed by atoms with Crippen molar-refractivity contribution in [3.8, 4) is 0 Å². The van der Waals surface area contributed by atoms with E-state index in [1.807, 2.05) is 6.92 Å². The summed E-state index contributed by atoms with van der Waals surface area (Å²) in [4.78, 5) is 0. The second kappa shape index (κ2) is 11.5. The van der Waals surface area contributed by atoms with E-state index in [0.717, 1.165) is 25.7 Å².